The zero-order chi connectivity index (χ0) is 20.8. The highest BCUT2D eigenvalue weighted by atomic mass is 16.5. The molecule has 4 rings (SSSR count). The Balaban J connectivity index is 1.31. The molecule has 0 atom stereocenters. The molecule has 4 heteroatoms. The molecule has 1 aliphatic rings. The molecule has 1 aliphatic heterocycles. The fourth-order valence-electron chi connectivity index (χ4n) is 4.31. The number of rotatable bonds is 8. The van der Waals surface area contributed by atoms with Crippen molar-refractivity contribution in [3.05, 3.63) is 77.5 Å². The Morgan fingerprint density at radius 2 is 1.97 bits per heavy atom. The summed E-state index contributed by atoms with van der Waals surface area (Å²) in [5.41, 5.74) is 5.70. The zero-order valence-electron chi connectivity index (χ0n) is 17.7. The average molecular weight is 403 g/mol. The lowest BCUT2D eigenvalue weighted by Gasteiger charge is -2.26. The van der Waals surface area contributed by atoms with Gasteiger partial charge in [-0.2, -0.15) is 0 Å². The Morgan fingerprint density at radius 3 is 2.73 bits per heavy atom. The smallest absolute Gasteiger partial charge is 0.338 e. The number of carbonyl (C=O) groups excluding carboxylic acids is 1. The number of hydrogen-bond acceptors (Lipinski definition) is 3. The van der Waals surface area contributed by atoms with Crippen molar-refractivity contribution in [3.8, 4) is 0 Å². The van der Waals surface area contributed by atoms with E-state index in [1.54, 1.807) is 0 Å². The van der Waals surface area contributed by atoms with Crippen LogP contribution in [-0.2, 0) is 11.2 Å². The van der Waals surface area contributed by atoms with E-state index < -0.39 is 0 Å². The number of benzene rings is 2. The molecule has 2 aromatic carbocycles. The summed E-state index contributed by atoms with van der Waals surface area (Å²) in [5.74, 6) is -0.238. The lowest BCUT2D eigenvalue weighted by Crippen LogP contribution is -2.29. The van der Waals surface area contributed by atoms with E-state index in [9.17, 15) is 4.79 Å². The molecule has 0 saturated heterocycles. The van der Waals surface area contributed by atoms with Gasteiger partial charge in [0.25, 0.3) is 0 Å². The number of ether oxygens (including phenoxy) is 1. The highest BCUT2D eigenvalue weighted by molar-refractivity contribution is 6.05. The molecular formula is C26H30N2O2. The SMILES string of the molecule is CCOC(=O)c1cccc2[nH]cc(CCCCN3CC=C(c4ccccc4)CC3)c12. The Bertz CT molecular complexity index is 1020. The molecule has 4 nitrogen and oxygen atoms in total. The third-order valence-corrected chi connectivity index (χ3v) is 5.89. The summed E-state index contributed by atoms with van der Waals surface area (Å²) in [4.78, 5) is 18.2. The second kappa shape index (κ2) is 9.77. The summed E-state index contributed by atoms with van der Waals surface area (Å²) in [6, 6.07) is 16.5. The topological polar surface area (TPSA) is 45.3 Å². The number of unbranched alkanes of at least 4 members (excludes halogenated alkanes) is 1. The van der Waals surface area contributed by atoms with E-state index in [1.807, 2.05) is 31.3 Å². The van der Waals surface area contributed by atoms with Crippen LogP contribution < -0.4 is 0 Å². The summed E-state index contributed by atoms with van der Waals surface area (Å²) >= 11 is 0. The van der Waals surface area contributed by atoms with Crippen LogP contribution in [0.1, 0.15) is 47.7 Å². The van der Waals surface area contributed by atoms with E-state index in [0.29, 0.717) is 12.2 Å². The van der Waals surface area contributed by atoms with Crippen molar-refractivity contribution in [2.24, 2.45) is 0 Å². The van der Waals surface area contributed by atoms with Crippen molar-refractivity contribution in [1.82, 2.24) is 9.88 Å². The van der Waals surface area contributed by atoms with Crippen LogP contribution in [-0.4, -0.2) is 42.1 Å². The lowest BCUT2D eigenvalue weighted by molar-refractivity contribution is 0.0528. The quantitative estimate of drug-likeness (QED) is 0.402. The van der Waals surface area contributed by atoms with Gasteiger partial charge in [-0.15, -0.1) is 0 Å². The van der Waals surface area contributed by atoms with Crippen LogP contribution in [0.5, 0.6) is 0 Å². The van der Waals surface area contributed by atoms with Crippen LogP contribution in [0.15, 0.2) is 60.8 Å². The van der Waals surface area contributed by atoms with Gasteiger partial charge in [0.15, 0.2) is 0 Å². The molecule has 0 unspecified atom stereocenters. The minimum Gasteiger partial charge on any atom is -0.462 e. The highest BCUT2D eigenvalue weighted by Crippen LogP contribution is 2.25. The molecule has 0 amide bonds. The fraction of sp³-hybridized carbons (Fsp3) is 0.346. The second-order valence-electron chi connectivity index (χ2n) is 7.87. The number of nitrogens with one attached hydrogen (secondary N) is 1. The molecule has 3 aromatic rings. The van der Waals surface area contributed by atoms with Crippen LogP contribution in [0.3, 0.4) is 0 Å². The van der Waals surface area contributed by atoms with E-state index >= 15 is 0 Å². The Hall–Kier alpha value is -2.85. The van der Waals surface area contributed by atoms with Crippen molar-refractivity contribution in [2.45, 2.75) is 32.6 Å². The molecule has 1 N–H and O–H groups in total. The first kappa shape index (κ1) is 20.4. The third kappa shape index (κ3) is 4.65. The fourth-order valence-corrected chi connectivity index (χ4v) is 4.31. The minimum atomic E-state index is -0.238. The molecule has 0 saturated carbocycles. The number of fused-ring (bicyclic) bond motifs is 1. The molecule has 0 radical (unpaired) electrons. The molecule has 0 spiro atoms. The van der Waals surface area contributed by atoms with E-state index in [0.717, 1.165) is 56.2 Å². The molecule has 2 heterocycles. The van der Waals surface area contributed by atoms with Gasteiger partial charge in [-0.1, -0.05) is 42.5 Å². The largest absolute Gasteiger partial charge is 0.462 e. The number of esters is 1. The molecule has 0 aliphatic carbocycles. The summed E-state index contributed by atoms with van der Waals surface area (Å²) in [5, 5.41) is 1.02. The van der Waals surface area contributed by atoms with Crippen LogP contribution >= 0.6 is 0 Å². The molecule has 0 bridgehead atoms. The molecule has 1 aromatic heterocycles. The maximum atomic E-state index is 12.3. The second-order valence-corrected chi connectivity index (χ2v) is 7.87. The zero-order valence-corrected chi connectivity index (χ0v) is 17.7. The van der Waals surface area contributed by atoms with Crippen molar-refractivity contribution in [3.63, 3.8) is 0 Å². The first-order valence-electron chi connectivity index (χ1n) is 11.0. The minimum absolute atomic E-state index is 0.238. The van der Waals surface area contributed by atoms with E-state index in [1.165, 1.54) is 16.7 Å². The standard InChI is InChI=1S/C26H30N2O2/c1-2-30-26(29)23-12-8-13-24-25(23)22(19-27-24)11-6-7-16-28-17-14-21(15-18-28)20-9-4-3-5-10-20/h3-5,8-10,12-14,19,27H,2,6-7,11,15-18H2,1H3. The number of H-pyrrole nitrogens is 1. The van der Waals surface area contributed by atoms with Gasteiger partial charge in [-0.05, 0) is 68.0 Å². The van der Waals surface area contributed by atoms with E-state index in [4.69, 9.17) is 4.74 Å². The number of aryl methyl sites for hydroxylation is 1. The van der Waals surface area contributed by atoms with Crippen LogP contribution in [0.25, 0.3) is 16.5 Å². The number of aromatic nitrogens is 1. The van der Waals surface area contributed by atoms with Gasteiger partial charge >= 0.3 is 5.97 Å². The van der Waals surface area contributed by atoms with Gasteiger partial charge in [0.05, 0.1) is 12.2 Å². The lowest BCUT2D eigenvalue weighted by atomic mass is 9.99. The van der Waals surface area contributed by atoms with Gasteiger partial charge in [-0.3, -0.25) is 4.90 Å². The van der Waals surface area contributed by atoms with Crippen LogP contribution in [0.2, 0.25) is 0 Å². The number of aromatic amines is 1. The van der Waals surface area contributed by atoms with E-state index in [2.05, 4.69) is 46.3 Å². The predicted molar refractivity (Wildman–Crippen MR) is 123 cm³/mol. The average Bonchev–Trinajstić information content (AvgIpc) is 3.21. The Morgan fingerprint density at radius 1 is 1.10 bits per heavy atom. The third-order valence-electron chi connectivity index (χ3n) is 5.89. The molecule has 0 fully saturated rings. The predicted octanol–water partition coefficient (Wildman–Crippen LogP) is 5.46. The normalized spacial score (nSPS) is 14.6. The Labute approximate surface area is 178 Å². The van der Waals surface area contributed by atoms with Crippen molar-refractivity contribution < 1.29 is 9.53 Å². The van der Waals surface area contributed by atoms with Gasteiger partial charge in [0.2, 0.25) is 0 Å². The first-order valence-corrected chi connectivity index (χ1v) is 11.0. The van der Waals surface area contributed by atoms with E-state index in [-0.39, 0.29) is 5.97 Å². The summed E-state index contributed by atoms with van der Waals surface area (Å²) < 4.78 is 5.24. The van der Waals surface area contributed by atoms with Crippen LogP contribution in [0, 0.1) is 0 Å². The molecule has 156 valence electrons. The van der Waals surface area contributed by atoms with Gasteiger partial charge in [0.1, 0.15) is 0 Å². The van der Waals surface area contributed by atoms with Crippen molar-refractivity contribution in [1.29, 1.82) is 0 Å². The van der Waals surface area contributed by atoms with Gasteiger partial charge in [0, 0.05) is 30.2 Å². The van der Waals surface area contributed by atoms with Crippen molar-refractivity contribution in [2.75, 3.05) is 26.2 Å². The molecular weight excluding hydrogens is 372 g/mol. The summed E-state index contributed by atoms with van der Waals surface area (Å²) in [6.07, 6.45) is 8.77. The first-order chi connectivity index (χ1) is 14.8. The number of hydrogen-bond donors (Lipinski definition) is 1. The maximum Gasteiger partial charge on any atom is 0.338 e. The highest BCUT2D eigenvalue weighted by Gasteiger charge is 2.16. The van der Waals surface area contributed by atoms with Crippen LogP contribution in [0.4, 0.5) is 0 Å². The monoisotopic (exact) mass is 402 g/mol. The van der Waals surface area contributed by atoms with Gasteiger partial charge in [-0.25, -0.2) is 4.79 Å². The summed E-state index contributed by atoms with van der Waals surface area (Å²) in [7, 11) is 0. The van der Waals surface area contributed by atoms with Crippen molar-refractivity contribution >= 4 is 22.4 Å². The number of nitrogens with zero attached hydrogens (tertiary/aromatic N) is 1. The van der Waals surface area contributed by atoms with Gasteiger partial charge < -0.3 is 9.72 Å². The molecule has 30 heavy (non-hydrogen) atoms. The Kier molecular flexibility index (Phi) is 6.65. The number of carbonyl (C=O) groups is 1. The summed E-state index contributed by atoms with van der Waals surface area (Å²) in [6.45, 7) is 5.51. The maximum absolute atomic E-state index is 12.3.